The highest BCUT2D eigenvalue weighted by molar-refractivity contribution is 7.00. The highest BCUT2D eigenvalue weighted by atomic mass is 15.2. The Labute approximate surface area is 481 Å². The van der Waals surface area contributed by atoms with Crippen molar-refractivity contribution in [2.45, 2.75) is 105 Å². The third kappa shape index (κ3) is 9.07. The second kappa shape index (κ2) is 19.1. The molecule has 0 saturated carbocycles. The average Bonchev–Trinajstić information content (AvgIpc) is 3.64. The maximum Gasteiger partial charge on any atom is 0.252 e. The molecule has 0 amide bonds. The average molecular weight is 1050 g/mol. The van der Waals surface area contributed by atoms with Gasteiger partial charge in [0.25, 0.3) is 6.71 Å². The molecule has 11 aromatic rings. The SMILES string of the molecule is CC(C)(C)c1cc(-c2cc(-c3cc4c5c(c3)N(c3ccccc3)c3cc(C(C)(C)C)ccc3B5c3ccc(C(C)(C)C)cc3N4c3ccccc3)cc(-c3c4ccccc4c(-c4ccccc4)c4ccccc34)c2)cc(C(C)(C)C)c1. The van der Waals surface area contributed by atoms with Crippen LogP contribution in [0.2, 0.25) is 0 Å². The summed E-state index contributed by atoms with van der Waals surface area (Å²) in [6, 6.07) is 86.0. The van der Waals surface area contributed by atoms with E-state index in [4.69, 9.17) is 0 Å². The maximum atomic E-state index is 2.58. The number of hydrogen-bond acceptors (Lipinski definition) is 2. The van der Waals surface area contributed by atoms with E-state index in [1.807, 2.05) is 0 Å². The Bertz CT molecular complexity index is 4040. The number of hydrogen-bond donors (Lipinski definition) is 0. The Hall–Kier alpha value is -8.40. The van der Waals surface area contributed by atoms with Crippen LogP contribution >= 0.6 is 0 Å². The van der Waals surface area contributed by atoms with E-state index in [0.29, 0.717) is 0 Å². The second-order valence-electron chi connectivity index (χ2n) is 27.1. The van der Waals surface area contributed by atoms with Gasteiger partial charge in [-0.05, 0) is 193 Å². The summed E-state index contributed by atoms with van der Waals surface area (Å²) in [6.45, 7) is 28.1. The van der Waals surface area contributed by atoms with E-state index < -0.39 is 0 Å². The first-order chi connectivity index (χ1) is 38.7. The van der Waals surface area contributed by atoms with Crippen molar-refractivity contribution in [3.63, 3.8) is 0 Å². The third-order valence-corrected chi connectivity index (χ3v) is 17.4. The molecule has 0 N–H and O–H groups in total. The van der Waals surface area contributed by atoms with Crippen molar-refractivity contribution in [3.05, 3.63) is 247 Å². The predicted octanol–water partition coefficient (Wildman–Crippen LogP) is 19.9. The summed E-state index contributed by atoms with van der Waals surface area (Å²) in [5.74, 6) is 0. The molecule has 398 valence electrons. The van der Waals surface area contributed by atoms with Gasteiger partial charge in [0.1, 0.15) is 0 Å². The Balaban J connectivity index is 1.18. The summed E-state index contributed by atoms with van der Waals surface area (Å²) in [5, 5.41) is 4.97. The van der Waals surface area contributed by atoms with Gasteiger partial charge in [-0.15, -0.1) is 0 Å². The molecule has 2 aliphatic heterocycles. The molecular formula is C78H73BN2. The molecule has 13 rings (SSSR count). The summed E-state index contributed by atoms with van der Waals surface area (Å²) in [4.78, 5) is 5.16. The van der Waals surface area contributed by atoms with Crippen molar-refractivity contribution >= 4 is 78.8 Å². The van der Waals surface area contributed by atoms with Crippen molar-refractivity contribution in [1.82, 2.24) is 0 Å². The van der Waals surface area contributed by atoms with Gasteiger partial charge in [-0.25, -0.2) is 0 Å². The smallest absolute Gasteiger partial charge is 0.252 e. The maximum absolute atomic E-state index is 2.58. The van der Waals surface area contributed by atoms with Crippen molar-refractivity contribution in [2.75, 3.05) is 9.80 Å². The first-order valence-corrected chi connectivity index (χ1v) is 29.2. The lowest BCUT2D eigenvalue weighted by molar-refractivity contribution is 0.569. The van der Waals surface area contributed by atoms with Gasteiger partial charge in [0.2, 0.25) is 0 Å². The van der Waals surface area contributed by atoms with Crippen LogP contribution in [0.25, 0.3) is 66.1 Å². The lowest BCUT2D eigenvalue weighted by Crippen LogP contribution is -2.61. The van der Waals surface area contributed by atoms with Crippen LogP contribution in [-0.4, -0.2) is 6.71 Å². The topological polar surface area (TPSA) is 6.48 Å². The van der Waals surface area contributed by atoms with E-state index >= 15 is 0 Å². The van der Waals surface area contributed by atoms with Gasteiger partial charge >= 0.3 is 0 Å². The van der Waals surface area contributed by atoms with Crippen molar-refractivity contribution in [2.24, 2.45) is 0 Å². The van der Waals surface area contributed by atoms with Gasteiger partial charge in [-0.2, -0.15) is 0 Å². The summed E-state index contributed by atoms with van der Waals surface area (Å²) in [7, 11) is 0. The molecule has 0 bridgehead atoms. The molecule has 2 nitrogen and oxygen atoms in total. The van der Waals surface area contributed by atoms with E-state index in [-0.39, 0.29) is 28.4 Å². The lowest BCUT2D eigenvalue weighted by atomic mass is 9.33. The highest BCUT2D eigenvalue weighted by Crippen LogP contribution is 2.50. The van der Waals surface area contributed by atoms with Crippen LogP contribution in [-0.2, 0) is 21.7 Å². The molecule has 0 aromatic heterocycles. The van der Waals surface area contributed by atoms with Gasteiger partial charge in [0.15, 0.2) is 0 Å². The van der Waals surface area contributed by atoms with Gasteiger partial charge in [0.05, 0.1) is 0 Å². The summed E-state index contributed by atoms with van der Waals surface area (Å²) in [6.07, 6.45) is 0. The van der Waals surface area contributed by atoms with E-state index in [9.17, 15) is 0 Å². The number of rotatable bonds is 6. The Morgan fingerprint density at radius 3 is 0.988 bits per heavy atom. The minimum atomic E-state index is -0.0676. The van der Waals surface area contributed by atoms with Crippen LogP contribution in [0.5, 0.6) is 0 Å². The van der Waals surface area contributed by atoms with Crippen molar-refractivity contribution in [3.8, 4) is 44.5 Å². The van der Waals surface area contributed by atoms with Crippen LogP contribution in [0, 0.1) is 0 Å². The fourth-order valence-electron chi connectivity index (χ4n) is 12.9. The molecule has 0 aliphatic carbocycles. The van der Waals surface area contributed by atoms with Crippen LogP contribution < -0.4 is 26.2 Å². The number of anilines is 6. The Morgan fingerprint density at radius 1 is 0.259 bits per heavy atom. The van der Waals surface area contributed by atoms with Gasteiger partial charge in [0, 0.05) is 34.1 Å². The molecule has 2 aliphatic rings. The number of fused-ring (bicyclic) bond motifs is 6. The Kier molecular flexibility index (Phi) is 12.3. The molecule has 0 radical (unpaired) electrons. The van der Waals surface area contributed by atoms with E-state index in [1.54, 1.807) is 0 Å². The van der Waals surface area contributed by atoms with Crippen molar-refractivity contribution in [1.29, 1.82) is 0 Å². The highest BCUT2D eigenvalue weighted by Gasteiger charge is 2.44. The standard InChI is InChI=1S/C78H73BN2/c1-75(2,3)56-36-38-66-68(48-56)80(60-28-18-14-19-29-60)70-45-54(46-71-74(70)79(66)67-39-37-57(76(4,5)6)49-69(67)81(71)61-30-20-15-21-31-61)52-40-51(53-43-58(77(7,8)9)47-59(44-53)78(10,11)12)41-55(42-52)73-64-34-24-22-32-62(64)72(50-26-16-13-17-27-50)63-33-23-25-35-65(63)73/h13-49H,1-12H3. The molecule has 81 heavy (non-hydrogen) atoms. The monoisotopic (exact) mass is 1050 g/mol. The van der Waals surface area contributed by atoms with E-state index in [0.717, 1.165) is 16.9 Å². The zero-order valence-corrected chi connectivity index (χ0v) is 49.3. The lowest BCUT2D eigenvalue weighted by Gasteiger charge is -2.45. The summed E-state index contributed by atoms with van der Waals surface area (Å²) < 4.78 is 0. The minimum Gasteiger partial charge on any atom is -0.311 e. The van der Waals surface area contributed by atoms with Crippen LogP contribution in [0.1, 0.15) is 105 Å². The molecule has 2 heterocycles. The van der Waals surface area contributed by atoms with Crippen LogP contribution in [0.3, 0.4) is 0 Å². The fraction of sp³-hybridized carbons (Fsp3) is 0.205. The Morgan fingerprint density at radius 2 is 0.593 bits per heavy atom. The third-order valence-electron chi connectivity index (χ3n) is 17.4. The van der Waals surface area contributed by atoms with Crippen LogP contribution in [0.4, 0.5) is 34.1 Å². The minimum absolute atomic E-state index is 0.0179. The molecule has 0 saturated heterocycles. The largest absolute Gasteiger partial charge is 0.311 e. The normalized spacial score (nSPS) is 13.4. The number of benzene rings is 11. The first-order valence-electron chi connectivity index (χ1n) is 29.2. The molecule has 0 atom stereocenters. The number of nitrogens with zero attached hydrogens (tertiary/aromatic N) is 2. The molecule has 0 spiro atoms. The summed E-state index contributed by atoms with van der Waals surface area (Å²) in [5.41, 5.74) is 25.8. The molecular weight excluding hydrogens is 976 g/mol. The molecule has 0 unspecified atom stereocenters. The molecule has 11 aromatic carbocycles. The first kappa shape index (κ1) is 52.0. The van der Waals surface area contributed by atoms with Crippen LogP contribution in [0.15, 0.2) is 224 Å². The quantitative estimate of drug-likeness (QED) is 0.121. The summed E-state index contributed by atoms with van der Waals surface area (Å²) >= 11 is 0. The van der Waals surface area contributed by atoms with Crippen molar-refractivity contribution < 1.29 is 0 Å². The fourth-order valence-corrected chi connectivity index (χ4v) is 12.9. The predicted molar refractivity (Wildman–Crippen MR) is 352 cm³/mol. The second-order valence-corrected chi connectivity index (χ2v) is 27.1. The zero-order valence-electron chi connectivity index (χ0n) is 49.3. The van der Waals surface area contributed by atoms with E-state index in [2.05, 4.69) is 317 Å². The molecule has 0 fully saturated rings. The van der Waals surface area contributed by atoms with Gasteiger partial charge < -0.3 is 9.80 Å². The molecule has 3 heteroatoms. The van der Waals surface area contributed by atoms with Gasteiger partial charge in [-0.3, -0.25) is 0 Å². The number of para-hydroxylation sites is 2. The van der Waals surface area contributed by atoms with E-state index in [1.165, 1.54) is 122 Å². The zero-order chi connectivity index (χ0) is 56.3. The van der Waals surface area contributed by atoms with Gasteiger partial charge in [-0.1, -0.05) is 241 Å².